The first-order chi connectivity index (χ1) is 13.0. The molecule has 1 fully saturated rings. The third-order valence-corrected chi connectivity index (χ3v) is 6.36. The van der Waals surface area contributed by atoms with Crippen molar-refractivity contribution in [2.45, 2.75) is 52.1 Å². The largest absolute Gasteiger partial charge is 0.341 e. The molecular weight excluding hydrogens is 336 g/mol. The molecule has 1 aliphatic carbocycles. The summed E-state index contributed by atoms with van der Waals surface area (Å²) >= 11 is 0. The third kappa shape index (κ3) is 3.27. The van der Waals surface area contributed by atoms with Gasteiger partial charge in [-0.15, -0.1) is 0 Å². The molecule has 1 saturated heterocycles. The Morgan fingerprint density at radius 2 is 2.04 bits per heavy atom. The van der Waals surface area contributed by atoms with Crippen LogP contribution in [0.25, 0.3) is 23.1 Å². The van der Waals surface area contributed by atoms with Crippen LogP contribution < -0.4 is 10.6 Å². The number of benzene rings is 1. The van der Waals surface area contributed by atoms with Crippen LogP contribution in [0, 0.1) is 5.92 Å². The molecule has 0 bridgehead atoms. The van der Waals surface area contributed by atoms with E-state index in [1.54, 1.807) is 13.8 Å². The van der Waals surface area contributed by atoms with Crippen molar-refractivity contribution in [3.63, 3.8) is 0 Å². The van der Waals surface area contributed by atoms with Gasteiger partial charge >= 0.3 is 0 Å². The number of carbonyl (C=O) groups is 2. The van der Waals surface area contributed by atoms with Crippen molar-refractivity contribution in [3.8, 4) is 0 Å². The zero-order chi connectivity index (χ0) is 19.1. The fourth-order valence-corrected chi connectivity index (χ4v) is 4.67. The van der Waals surface area contributed by atoms with Gasteiger partial charge in [-0.1, -0.05) is 12.2 Å². The number of nitrogens with zero attached hydrogens (tertiary/aromatic N) is 2. The Labute approximate surface area is 160 Å². The molecule has 1 aromatic carbocycles. The van der Waals surface area contributed by atoms with Crippen LogP contribution in [-0.2, 0) is 11.3 Å². The van der Waals surface area contributed by atoms with Gasteiger partial charge < -0.3 is 9.47 Å². The first kappa shape index (κ1) is 18.2. The van der Waals surface area contributed by atoms with Gasteiger partial charge in [-0.2, -0.15) is 0 Å². The lowest BCUT2D eigenvalue weighted by Crippen LogP contribution is -2.35. The van der Waals surface area contributed by atoms with Crippen LogP contribution >= 0.6 is 0 Å². The Morgan fingerprint density at radius 3 is 2.70 bits per heavy atom. The predicted molar refractivity (Wildman–Crippen MR) is 109 cm³/mol. The Kier molecular flexibility index (Phi) is 4.77. The second-order valence-corrected chi connectivity index (χ2v) is 8.13. The molecule has 2 atom stereocenters. The molecule has 4 heteroatoms. The summed E-state index contributed by atoms with van der Waals surface area (Å²) in [5.41, 5.74) is 1.90. The van der Waals surface area contributed by atoms with Crippen LogP contribution in [-0.4, -0.2) is 40.7 Å². The van der Waals surface area contributed by atoms with Crippen LogP contribution in [0.2, 0.25) is 0 Å². The topological polar surface area (TPSA) is 42.3 Å². The summed E-state index contributed by atoms with van der Waals surface area (Å²) in [4.78, 5) is 26.3. The summed E-state index contributed by atoms with van der Waals surface area (Å²) in [6.07, 6.45) is 8.78. The number of rotatable bonds is 5. The maximum Gasteiger partial charge on any atom is 0.159 e. The Bertz CT molecular complexity index is 1030. The Morgan fingerprint density at radius 1 is 1.22 bits per heavy atom. The zero-order valence-electron chi connectivity index (χ0n) is 16.5. The van der Waals surface area contributed by atoms with Gasteiger partial charge in [0.25, 0.3) is 0 Å². The van der Waals surface area contributed by atoms with E-state index < -0.39 is 0 Å². The highest BCUT2D eigenvalue weighted by Gasteiger charge is 2.22. The number of aromatic nitrogens is 1. The Balaban J connectivity index is 1.83. The molecule has 1 aliphatic heterocycles. The van der Waals surface area contributed by atoms with Gasteiger partial charge in [0.15, 0.2) is 5.78 Å². The molecule has 0 saturated carbocycles. The lowest BCUT2D eigenvalue weighted by Gasteiger charge is -2.20. The predicted octanol–water partition coefficient (Wildman–Crippen LogP) is 2.50. The summed E-state index contributed by atoms with van der Waals surface area (Å²) < 4.78 is 2.40. The summed E-state index contributed by atoms with van der Waals surface area (Å²) in [5, 5.41) is 3.43. The van der Waals surface area contributed by atoms with Gasteiger partial charge in [0.2, 0.25) is 0 Å². The monoisotopic (exact) mass is 364 g/mol. The van der Waals surface area contributed by atoms with E-state index in [2.05, 4.69) is 34.7 Å². The molecule has 0 amide bonds. The molecule has 4 rings (SSSR count). The zero-order valence-corrected chi connectivity index (χ0v) is 16.5. The van der Waals surface area contributed by atoms with E-state index in [1.165, 1.54) is 30.3 Å². The van der Waals surface area contributed by atoms with E-state index in [9.17, 15) is 9.59 Å². The summed E-state index contributed by atoms with van der Waals surface area (Å²) in [6, 6.07) is 6.65. The average molecular weight is 364 g/mol. The van der Waals surface area contributed by atoms with Gasteiger partial charge in [0.1, 0.15) is 5.78 Å². The van der Waals surface area contributed by atoms with Crippen molar-refractivity contribution < 1.29 is 9.59 Å². The second-order valence-electron chi connectivity index (χ2n) is 8.13. The van der Waals surface area contributed by atoms with Gasteiger partial charge in [0.05, 0.1) is 0 Å². The Hall–Kier alpha value is -2.20. The van der Waals surface area contributed by atoms with Crippen molar-refractivity contribution in [1.29, 1.82) is 0 Å². The number of Topliss-reactive ketones (excluding diaryl/α,β-unsaturated/α-hetero) is 2. The molecule has 142 valence electrons. The fourth-order valence-electron chi connectivity index (χ4n) is 4.67. The number of aryl methyl sites for hydroxylation is 1. The molecule has 2 aliphatic rings. The van der Waals surface area contributed by atoms with Crippen LogP contribution in [0.5, 0.6) is 0 Å². The van der Waals surface area contributed by atoms with E-state index in [-0.39, 0.29) is 17.5 Å². The van der Waals surface area contributed by atoms with Crippen LogP contribution in [0.4, 0.5) is 0 Å². The standard InChI is InChI=1S/C23H28N2O2/c1-15(26)17-6-8-22-20(13-17)21-14-18(16(2)27)7-9-23(21)25(22)12-10-19-5-4-11-24(19)3/h6,8-9,13-14,18-19H,4-5,7,10-12H2,1-3H3. The summed E-state index contributed by atoms with van der Waals surface area (Å²) in [5.74, 6) is 0.223. The van der Waals surface area contributed by atoms with E-state index in [0.29, 0.717) is 6.04 Å². The first-order valence-corrected chi connectivity index (χ1v) is 10.0. The van der Waals surface area contributed by atoms with Crippen molar-refractivity contribution in [2.75, 3.05) is 13.6 Å². The van der Waals surface area contributed by atoms with Crippen molar-refractivity contribution in [3.05, 3.63) is 34.3 Å². The highest BCUT2D eigenvalue weighted by Crippen LogP contribution is 2.21. The molecule has 0 spiro atoms. The van der Waals surface area contributed by atoms with Gasteiger partial charge in [-0.05, 0) is 71.3 Å². The van der Waals surface area contributed by atoms with Crippen molar-refractivity contribution >= 4 is 34.6 Å². The molecule has 0 N–H and O–H groups in total. The molecule has 27 heavy (non-hydrogen) atoms. The maximum absolute atomic E-state index is 11.9. The number of hydrogen-bond acceptors (Lipinski definition) is 3. The molecule has 4 nitrogen and oxygen atoms in total. The lowest BCUT2D eigenvalue weighted by atomic mass is 9.95. The van der Waals surface area contributed by atoms with Crippen molar-refractivity contribution in [1.82, 2.24) is 9.47 Å². The third-order valence-electron chi connectivity index (χ3n) is 6.36. The number of fused-ring (bicyclic) bond motifs is 3. The molecular formula is C23H28N2O2. The van der Waals surface area contributed by atoms with Gasteiger partial charge in [0, 0.05) is 45.5 Å². The number of hydrogen-bond donors (Lipinski definition) is 0. The SMILES string of the molecule is CC(=O)c1ccc2c(c1)c1c(n2CCC2CCCN2C)=CCC(C(C)=O)C=1. The van der Waals surface area contributed by atoms with E-state index in [1.807, 2.05) is 12.1 Å². The van der Waals surface area contributed by atoms with Crippen LogP contribution in [0.1, 0.15) is 49.9 Å². The molecule has 2 heterocycles. The van der Waals surface area contributed by atoms with Crippen molar-refractivity contribution in [2.24, 2.45) is 5.92 Å². The lowest BCUT2D eigenvalue weighted by molar-refractivity contribution is -0.118. The van der Waals surface area contributed by atoms with E-state index in [0.717, 1.165) is 35.6 Å². The average Bonchev–Trinajstić information content (AvgIpc) is 3.19. The minimum atomic E-state index is -0.0569. The minimum Gasteiger partial charge on any atom is -0.341 e. The smallest absolute Gasteiger partial charge is 0.159 e. The van der Waals surface area contributed by atoms with E-state index in [4.69, 9.17) is 0 Å². The molecule has 2 aromatic rings. The van der Waals surface area contributed by atoms with E-state index >= 15 is 0 Å². The number of carbonyl (C=O) groups excluding carboxylic acids is 2. The van der Waals surface area contributed by atoms with Gasteiger partial charge in [-0.3, -0.25) is 9.59 Å². The molecule has 1 aromatic heterocycles. The molecule has 2 unspecified atom stereocenters. The number of likely N-dealkylation sites (tertiary alicyclic amines) is 1. The van der Waals surface area contributed by atoms with Crippen LogP contribution in [0.15, 0.2) is 18.2 Å². The molecule has 0 radical (unpaired) electrons. The van der Waals surface area contributed by atoms with Crippen LogP contribution in [0.3, 0.4) is 0 Å². The minimum absolute atomic E-state index is 0.0569. The fraction of sp³-hybridized carbons (Fsp3) is 0.478. The normalized spacial score (nSPS) is 22.3. The first-order valence-electron chi connectivity index (χ1n) is 10.0. The highest BCUT2D eigenvalue weighted by molar-refractivity contribution is 5.98. The summed E-state index contributed by atoms with van der Waals surface area (Å²) in [6.45, 7) is 5.43. The number of ketones is 2. The highest BCUT2D eigenvalue weighted by atomic mass is 16.1. The second kappa shape index (κ2) is 7.08. The van der Waals surface area contributed by atoms with Gasteiger partial charge in [-0.25, -0.2) is 0 Å². The quantitative estimate of drug-likeness (QED) is 0.766. The maximum atomic E-state index is 11.9. The summed E-state index contributed by atoms with van der Waals surface area (Å²) in [7, 11) is 2.22.